The minimum absolute atomic E-state index is 0.194. The fourth-order valence-electron chi connectivity index (χ4n) is 1.75. The molecule has 2 rings (SSSR count). The van der Waals surface area contributed by atoms with E-state index >= 15 is 0 Å². The van der Waals surface area contributed by atoms with Gasteiger partial charge in [0.2, 0.25) is 5.91 Å². The molecule has 0 fully saturated rings. The maximum atomic E-state index is 11.7. The van der Waals surface area contributed by atoms with Gasteiger partial charge in [-0.05, 0) is 25.1 Å². The van der Waals surface area contributed by atoms with E-state index < -0.39 is 12.0 Å². The number of fused-ring (bicyclic) bond motifs is 1. The number of benzene rings is 1. The number of ether oxygens (including phenoxy) is 1. The summed E-state index contributed by atoms with van der Waals surface area (Å²) in [5.41, 5.74) is 1.18. The number of aromatic nitrogens is 1. The zero-order valence-electron chi connectivity index (χ0n) is 12.6. The van der Waals surface area contributed by atoms with Crippen LogP contribution in [0.3, 0.4) is 0 Å². The molecule has 1 heterocycles. The summed E-state index contributed by atoms with van der Waals surface area (Å²) >= 11 is 1.34. The number of rotatable bonds is 5. The average molecular weight is 336 g/mol. The molecule has 0 radical (unpaired) electrons. The van der Waals surface area contributed by atoms with E-state index in [9.17, 15) is 14.4 Å². The van der Waals surface area contributed by atoms with Crippen LogP contribution >= 0.6 is 11.3 Å². The smallest absolute Gasteiger partial charge is 0.325 e. The van der Waals surface area contributed by atoms with Crippen molar-refractivity contribution in [3.63, 3.8) is 0 Å². The first kappa shape index (κ1) is 16.7. The van der Waals surface area contributed by atoms with Crippen LogP contribution in [0.1, 0.15) is 13.8 Å². The minimum atomic E-state index is -0.519. The quantitative estimate of drug-likeness (QED) is 0.723. The topological polar surface area (TPSA) is 109 Å². The molecule has 0 aliphatic rings. The molecule has 0 unspecified atom stereocenters. The third kappa shape index (κ3) is 4.92. The molecule has 0 bridgehead atoms. The summed E-state index contributed by atoms with van der Waals surface area (Å²) in [4.78, 5) is 38.1. The Balaban J connectivity index is 1.98. The predicted molar refractivity (Wildman–Crippen MR) is 87.6 cm³/mol. The van der Waals surface area contributed by atoms with Crippen molar-refractivity contribution in [3.8, 4) is 0 Å². The second kappa shape index (κ2) is 7.54. The number of amides is 3. The SMILES string of the molecule is CCOC(=O)CNC(=O)Nc1ccc2sc(NC(C)=O)nc2c1. The maximum Gasteiger partial charge on any atom is 0.325 e. The molecule has 3 N–H and O–H groups in total. The van der Waals surface area contributed by atoms with E-state index in [4.69, 9.17) is 4.74 Å². The second-order valence-electron chi connectivity index (χ2n) is 4.50. The number of carbonyl (C=O) groups excluding carboxylic acids is 3. The normalized spacial score (nSPS) is 10.2. The van der Waals surface area contributed by atoms with Crippen LogP contribution in [-0.2, 0) is 14.3 Å². The number of carbonyl (C=O) groups is 3. The highest BCUT2D eigenvalue weighted by Gasteiger charge is 2.09. The van der Waals surface area contributed by atoms with Crippen molar-refractivity contribution in [1.29, 1.82) is 0 Å². The van der Waals surface area contributed by atoms with Gasteiger partial charge in [0.05, 0.1) is 16.8 Å². The summed E-state index contributed by atoms with van der Waals surface area (Å²) in [6, 6.07) is 4.66. The zero-order chi connectivity index (χ0) is 16.8. The summed E-state index contributed by atoms with van der Waals surface area (Å²) < 4.78 is 5.59. The molecule has 0 spiro atoms. The van der Waals surface area contributed by atoms with Gasteiger partial charge in [-0.2, -0.15) is 0 Å². The van der Waals surface area contributed by atoms with Gasteiger partial charge in [-0.3, -0.25) is 9.59 Å². The highest BCUT2D eigenvalue weighted by atomic mass is 32.1. The number of thiazole rings is 1. The van der Waals surface area contributed by atoms with Crippen molar-refractivity contribution in [2.45, 2.75) is 13.8 Å². The van der Waals surface area contributed by atoms with Gasteiger partial charge in [0.1, 0.15) is 6.54 Å². The van der Waals surface area contributed by atoms with Crippen molar-refractivity contribution in [1.82, 2.24) is 10.3 Å². The Labute approximate surface area is 136 Å². The number of esters is 1. The highest BCUT2D eigenvalue weighted by molar-refractivity contribution is 7.22. The Morgan fingerprint density at radius 3 is 2.74 bits per heavy atom. The Hall–Kier alpha value is -2.68. The summed E-state index contributed by atoms with van der Waals surface area (Å²) in [7, 11) is 0. The van der Waals surface area contributed by atoms with Gasteiger partial charge < -0.3 is 20.7 Å². The fourth-order valence-corrected chi connectivity index (χ4v) is 2.64. The van der Waals surface area contributed by atoms with Crippen LogP contribution in [0.2, 0.25) is 0 Å². The summed E-state index contributed by atoms with van der Waals surface area (Å²) in [5.74, 6) is -0.696. The number of nitrogens with one attached hydrogen (secondary N) is 3. The van der Waals surface area contributed by atoms with Crippen LogP contribution in [0, 0.1) is 0 Å². The van der Waals surface area contributed by atoms with E-state index in [2.05, 4.69) is 20.9 Å². The number of hydrogen-bond donors (Lipinski definition) is 3. The second-order valence-corrected chi connectivity index (χ2v) is 5.53. The zero-order valence-corrected chi connectivity index (χ0v) is 13.5. The Kier molecular flexibility index (Phi) is 5.47. The minimum Gasteiger partial charge on any atom is -0.465 e. The largest absolute Gasteiger partial charge is 0.465 e. The predicted octanol–water partition coefficient (Wildman–Crippen LogP) is 1.94. The van der Waals surface area contributed by atoms with E-state index in [1.165, 1.54) is 18.3 Å². The number of urea groups is 1. The van der Waals surface area contributed by atoms with Crippen LogP contribution in [0.15, 0.2) is 18.2 Å². The maximum absolute atomic E-state index is 11.7. The lowest BCUT2D eigenvalue weighted by Gasteiger charge is -2.07. The van der Waals surface area contributed by atoms with Crippen LogP contribution in [-0.4, -0.2) is 36.0 Å². The molecular weight excluding hydrogens is 320 g/mol. The Morgan fingerprint density at radius 2 is 2.04 bits per heavy atom. The molecule has 122 valence electrons. The van der Waals surface area contributed by atoms with Crippen LogP contribution in [0.4, 0.5) is 15.6 Å². The van der Waals surface area contributed by atoms with E-state index in [0.29, 0.717) is 16.3 Å². The lowest BCUT2D eigenvalue weighted by molar-refractivity contribution is -0.141. The molecule has 0 aliphatic carbocycles. The summed E-state index contributed by atoms with van der Waals surface area (Å²) in [6.45, 7) is 3.16. The molecule has 0 atom stereocenters. The molecule has 8 nitrogen and oxygen atoms in total. The molecular formula is C14H16N4O4S. The van der Waals surface area contributed by atoms with Crippen molar-refractivity contribution >= 4 is 50.3 Å². The average Bonchev–Trinajstić information content (AvgIpc) is 2.86. The monoisotopic (exact) mass is 336 g/mol. The summed E-state index contributed by atoms with van der Waals surface area (Å²) in [6.07, 6.45) is 0. The van der Waals surface area contributed by atoms with E-state index in [-0.39, 0.29) is 19.1 Å². The molecule has 9 heteroatoms. The standard InChI is InChI=1S/C14H16N4O4S/c1-3-22-12(20)7-15-13(21)17-9-4-5-11-10(6-9)18-14(23-11)16-8(2)19/h4-6H,3,7H2,1-2H3,(H2,15,17,21)(H,16,18,19). The third-order valence-corrected chi connectivity index (χ3v) is 3.58. The molecule has 3 amide bonds. The van der Waals surface area contributed by atoms with Gasteiger partial charge in [-0.25, -0.2) is 9.78 Å². The first-order valence-corrected chi connectivity index (χ1v) is 7.68. The summed E-state index contributed by atoms with van der Waals surface area (Å²) in [5, 5.41) is 8.11. The molecule has 0 saturated carbocycles. The first-order valence-electron chi connectivity index (χ1n) is 6.86. The molecule has 23 heavy (non-hydrogen) atoms. The first-order chi connectivity index (χ1) is 11.0. The van der Waals surface area contributed by atoms with E-state index in [1.807, 2.05) is 0 Å². The molecule has 2 aromatic rings. The molecule has 1 aromatic carbocycles. The van der Waals surface area contributed by atoms with Crippen LogP contribution in [0.25, 0.3) is 10.2 Å². The number of anilines is 2. The van der Waals surface area contributed by atoms with Gasteiger partial charge in [0.15, 0.2) is 5.13 Å². The molecule has 0 saturated heterocycles. The Morgan fingerprint density at radius 1 is 1.26 bits per heavy atom. The van der Waals surface area contributed by atoms with E-state index in [1.54, 1.807) is 25.1 Å². The van der Waals surface area contributed by atoms with Crippen molar-refractivity contribution in [2.75, 3.05) is 23.8 Å². The number of hydrogen-bond acceptors (Lipinski definition) is 6. The van der Waals surface area contributed by atoms with Crippen LogP contribution < -0.4 is 16.0 Å². The van der Waals surface area contributed by atoms with Crippen molar-refractivity contribution in [2.24, 2.45) is 0 Å². The van der Waals surface area contributed by atoms with Gasteiger partial charge in [0.25, 0.3) is 0 Å². The van der Waals surface area contributed by atoms with Crippen LogP contribution in [0.5, 0.6) is 0 Å². The van der Waals surface area contributed by atoms with E-state index in [0.717, 1.165) is 4.70 Å². The van der Waals surface area contributed by atoms with Gasteiger partial charge in [-0.1, -0.05) is 11.3 Å². The molecule has 1 aromatic heterocycles. The van der Waals surface area contributed by atoms with Gasteiger partial charge in [0, 0.05) is 12.6 Å². The lowest BCUT2D eigenvalue weighted by Crippen LogP contribution is -2.34. The lowest BCUT2D eigenvalue weighted by atomic mass is 10.3. The van der Waals surface area contributed by atoms with Gasteiger partial charge >= 0.3 is 12.0 Å². The fraction of sp³-hybridized carbons (Fsp3) is 0.286. The van der Waals surface area contributed by atoms with Gasteiger partial charge in [-0.15, -0.1) is 0 Å². The molecule has 0 aliphatic heterocycles. The highest BCUT2D eigenvalue weighted by Crippen LogP contribution is 2.28. The van der Waals surface area contributed by atoms with Crippen molar-refractivity contribution in [3.05, 3.63) is 18.2 Å². The van der Waals surface area contributed by atoms with Crippen molar-refractivity contribution < 1.29 is 19.1 Å². The Bertz CT molecular complexity index is 743. The number of nitrogens with zero attached hydrogens (tertiary/aromatic N) is 1. The third-order valence-electron chi connectivity index (χ3n) is 2.63.